The predicted molar refractivity (Wildman–Crippen MR) is 145 cm³/mol. The van der Waals surface area contributed by atoms with E-state index in [1.807, 2.05) is 47.2 Å². The third-order valence-corrected chi connectivity index (χ3v) is 6.45. The van der Waals surface area contributed by atoms with Gasteiger partial charge < -0.3 is 20.5 Å². The van der Waals surface area contributed by atoms with Crippen molar-refractivity contribution in [1.29, 1.82) is 0 Å². The Kier molecular flexibility index (Phi) is 8.54. The van der Waals surface area contributed by atoms with E-state index in [0.717, 1.165) is 15.2 Å². The maximum atomic E-state index is 12.1. The predicted octanol–water partition coefficient (Wildman–Crippen LogP) is 4.93. The second-order valence-corrected chi connectivity index (χ2v) is 9.17. The molecule has 37 heavy (non-hydrogen) atoms. The smallest absolute Gasteiger partial charge is 0.360 e. The number of carbonyl (C=O) groups is 2. The van der Waals surface area contributed by atoms with Crippen LogP contribution in [0.4, 0.5) is 11.6 Å². The van der Waals surface area contributed by atoms with Crippen molar-refractivity contribution in [3.8, 4) is 0 Å². The first-order chi connectivity index (χ1) is 18.0. The molecule has 0 atom stereocenters. The molecule has 0 aliphatic heterocycles. The topological polar surface area (TPSA) is 142 Å². The van der Waals surface area contributed by atoms with Gasteiger partial charge in [-0.1, -0.05) is 30.3 Å². The van der Waals surface area contributed by atoms with E-state index in [0.29, 0.717) is 36.6 Å². The van der Waals surface area contributed by atoms with Crippen LogP contribution >= 0.6 is 22.7 Å². The number of nitrogens with one attached hydrogen (secondary N) is 1. The van der Waals surface area contributed by atoms with Crippen molar-refractivity contribution in [2.24, 2.45) is 0 Å². The molecule has 0 radical (unpaired) electrons. The number of thiophene rings is 2. The second-order valence-electron chi connectivity index (χ2n) is 7.38. The first kappa shape index (κ1) is 25.9. The molecule has 1 aromatic carbocycles. The van der Waals surface area contributed by atoms with Crippen LogP contribution in [0, 0.1) is 0 Å². The summed E-state index contributed by atoms with van der Waals surface area (Å²) in [6.45, 7) is 4.66. The van der Waals surface area contributed by atoms with Gasteiger partial charge in [0.2, 0.25) is 0 Å². The molecule has 0 fully saturated rings. The van der Waals surface area contributed by atoms with E-state index >= 15 is 0 Å². The lowest BCUT2D eigenvalue weighted by Gasteiger charge is -2.10. The SMILES string of the molecule is CCOC(=O)c1nc2ccsc2nc1N.CCOC(=O)c1nc2ccsc2nc1NCc1ccccc1. The van der Waals surface area contributed by atoms with Gasteiger partial charge in [0, 0.05) is 6.54 Å². The second kappa shape index (κ2) is 12.2. The number of hydrogen-bond acceptors (Lipinski definition) is 12. The zero-order chi connectivity index (χ0) is 26.2. The summed E-state index contributed by atoms with van der Waals surface area (Å²) in [5, 5.41) is 6.93. The van der Waals surface area contributed by atoms with Gasteiger partial charge in [-0.3, -0.25) is 0 Å². The zero-order valence-corrected chi connectivity index (χ0v) is 21.8. The fourth-order valence-electron chi connectivity index (χ4n) is 3.19. The molecule has 0 spiro atoms. The van der Waals surface area contributed by atoms with Gasteiger partial charge in [-0.2, -0.15) is 0 Å². The minimum absolute atomic E-state index is 0.0859. The highest BCUT2D eigenvalue weighted by Crippen LogP contribution is 2.23. The summed E-state index contributed by atoms with van der Waals surface area (Å²) in [6.07, 6.45) is 0. The van der Waals surface area contributed by atoms with Gasteiger partial charge in [-0.15, -0.1) is 22.7 Å². The summed E-state index contributed by atoms with van der Waals surface area (Å²) in [4.78, 5) is 42.1. The number of rotatable bonds is 7. The molecular formula is C25H24N6O4S2. The van der Waals surface area contributed by atoms with E-state index in [4.69, 9.17) is 15.2 Å². The molecule has 0 saturated heterocycles. The maximum absolute atomic E-state index is 12.1. The average Bonchev–Trinajstić information content (AvgIpc) is 3.56. The van der Waals surface area contributed by atoms with Crippen LogP contribution in [0.1, 0.15) is 40.4 Å². The zero-order valence-electron chi connectivity index (χ0n) is 20.1. The minimum Gasteiger partial charge on any atom is -0.461 e. The van der Waals surface area contributed by atoms with Crippen molar-refractivity contribution >= 4 is 66.9 Å². The van der Waals surface area contributed by atoms with Crippen molar-refractivity contribution < 1.29 is 19.1 Å². The molecule has 12 heteroatoms. The van der Waals surface area contributed by atoms with E-state index in [9.17, 15) is 9.59 Å². The standard InChI is InChI=1S/C16H15N3O2S.C9H9N3O2S/c1-2-21-16(20)13-14(17-10-11-6-4-3-5-7-11)19-15-12(18-13)8-9-22-15;1-2-14-9(13)6-7(10)12-8-5(11-6)3-4-15-8/h3-9H,2,10H2,1H3,(H,17,19);3-4H,2H2,1H3,(H2,10,12). The highest BCUT2D eigenvalue weighted by atomic mass is 32.1. The molecule has 0 bridgehead atoms. The first-order valence-electron chi connectivity index (χ1n) is 11.4. The average molecular weight is 537 g/mol. The molecule has 0 saturated carbocycles. The Hall–Kier alpha value is -4.16. The number of nitrogens with two attached hydrogens (primary N) is 1. The number of carbonyl (C=O) groups excluding carboxylic acids is 2. The largest absolute Gasteiger partial charge is 0.461 e. The number of nitrogen functional groups attached to an aromatic ring is 1. The van der Waals surface area contributed by atoms with E-state index in [2.05, 4.69) is 25.3 Å². The molecule has 0 aliphatic carbocycles. The van der Waals surface area contributed by atoms with Gasteiger partial charge in [-0.25, -0.2) is 29.5 Å². The molecule has 5 aromatic rings. The van der Waals surface area contributed by atoms with Crippen molar-refractivity contribution in [2.45, 2.75) is 20.4 Å². The molecule has 10 nitrogen and oxygen atoms in total. The summed E-state index contributed by atoms with van der Waals surface area (Å²) in [7, 11) is 0. The summed E-state index contributed by atoms with van der Waals surface area (Å²) in [6, 6.07) is 13.5. The van der Waals surface area contributed by atoms with Crippen LogP contribution in [-0.4, -0.2) is 45.1 Å². The van der Waals surface area contributed by atoms with E-state index in [1.165, 1.54) is 22.7 Å². The number of esters is 2. The van der Waals surface area contributed by atoms with Gasteiger partial charge in [0.05, 0.1) is 13.2 Å². The van der Waals surface area contributed by atoms with Crippen LogP contribution in [-0.2, 0) is 16.0 Å². The fraction of sp³-hybridized carbons (Fsp3) is 0.200. The number of ether oxygens (including phenoxy) is 2. The highest BCUT2D eigenvalue weighted by molar-refractivity contribution is 7.17. The van der Waals surface area contributed by atoms with Crippen molar-refractivity contribution in [3.63, 3.8) is 0 Å². The highest BCUT2D eigenvalue weighted by Gasteiger charge is 2.18. The van der Waals surface area contributed by atoms with Crippen molar-refractivity contribution in [1.82, 2.24) is 19.9 Å². The Labute approximate surface area is 220 Å². The molecule has 4 heterocycles. The van der Waals surface area contributed by atoms with Gasteiger partial charge in [0.1, 0.15) is 20.7 Å². The number of hydrogen-bond donors (Lipinski definition) is 2. The Morgan fingerprint density at radius 3 is 2.00 bits per heavy atom. The van der Waals surface area contributed by atoms with Crippen LogP contribution in [0.2, 0.25) is 0 Å². The Bertz CT molecular complexity index is 1520. The molecular weight excluding hydrogens is 512 g/mol. The molecule has 0 unspecified atom stereocenters. The van der Waals surface area contributed by atoms with Crippen LogP contribution in [0.25, 0.3) is 20.7 Å². The maximum Gasteiger partial charge on any atom is 0.360 e. The van der Waals surface area contributed by atoms with Crippen LogP contribution in [0.15, 0.2) is 53.2 Å². The molecule has 5 rings (SSSR count). The fourth-order valence-corrected chi connectivity index (χ4v) is 4.61. The van der Waals surface area contributed by atoms with Gasteiger partial charge in [0.25, 0.3) is 0 Å². The van der Waals surface area contributed by atoms with Crippen LogP contribution in [0.5, 0.6) is 0 Å². The van der Waals surface area contributed by atoms with Gasteiger partial charge >= 0.3 is 11.9 Å². The first-order valence-corrected chi connectivity index (χ1v) is 13.1. The lowest BCUT2D eigenvalue weighted by Crippen LogP contribution is -2.13. The summed E-state index contributed by atoms with van der Waals surface area (Å²) >= 11 is 2.92. The molecule has 4 aromatic heterocycles. The van der Waals surface area contributed by atoms with Crippen LogP contribution in [0.3, 0.4) is 0 Å². The van der Waals surface area contributed by atoms with E-state index in [1.54, 1.807) is 19.9 Å². The van der Waals surface area contributed by atoms with Gasteiger partial charge in [-0.05, 0) is 42.3 Å². The normalized spacial score (nSPS) is 10.5. The number of aromatic nitrogens is 4. The van der Waals surface area contributed by atoms with E-state index in [-0.39, 0.29) is 17.2 Å². The molecule has 190 valence electrons. The third kappa shape index (κ3) is 6.35. The Balaban J connectivity index is 0.000000186. The number of nitrogens with zero attached hydrogens (tertiary/aromatic N) is 4. The van der Waals surface area contributed by atoms with Gasteiger partial charge in [0.15, 0.2) is 23.0 Å². The monoisotopic (exact) mass is 536 g/mol. The third-order valence-electron chi connectivity index (χ3n) is 4.86. The number of fused-ring (bicyclic) bond motifs is 2. The van der Waals surface area contributed by atoms with Crippen molar-refractivity contribution in [3.05, 3.63) is 70.2 Å². The Morgan fingerprint density at radius 2 is 1.38 bits per heavy atom. The molecule has 3 N–H and O–H groups in total. The Morgan fingerprint density at radius 1 is 0.811 bits per heavy atom. The number of anilines is 2. The lowest BCUT2D eigenvalue weighted by atomic mass is 10.2. The molecule has 0 aliphatic rings. The summed E-state index contributed by atoms with van der Waals surface area (Å²) in [5.74, 6) is -0.421. The van der Waals surface area contributed by atoms with Crippen molar-refractivity contribution in [2.75, 3.05) is 24.3 Å². The summed E-state index contributed by atoms with van der Waals surface area (Å²) < 4.78 is 9.88. The lowest BCUT2D eigenvalue weighted by molar-refractivity contribution is 0.0511. The summed E-state index contributed by atoms with van der Waals surface area (Å²) in [5.41, 5.74) is 8.39. The quantitative estimate of drug-likeness (QED) is 0.275. The van der Waals surface area contributed by atoms with Crippen LogP contribution < -0.4 is 11.1 Å². The van der Waals surface area contributed by atoms with E-state index < -0.39 is 11.9 Å². The minimum atomic E-state index is -0.532. The molecule has 0 amide bonds. The number of benzene rings is 1.